The first-order valence-electron chi connectivity index (χ1n) is 19.7. The lowest BCUT2D eigenvalue weighted by atomic mass is 9.70. The largest absolute Gasteiger partial charge is 0.0654 e. The van der Waals surface area contributed by atoms with Gasteiger partial charge in [0.05, 0.1) is 0 Å². The molecule has 0 saturated heterocycles. The molecule has 0 saturated carbocycles. The average Bonchev–Trinajstić information content (AvgIpc) is 2.96. The van der Waals surface area contributed by atoms with Crippen LogP contribution in [0.5, 0.6) is 0 Å². The molecule has 0 nitrogen and oxygen atoms in total. The van der Waals surface area contributed by atoms with E-state index in [-0.39, 0.29) is 0 Å². The first-order chi connectivity index (χ1) is 19.7. The number of unbranched alkanes of at least 4 members (excludes halogenated alkanes) is 27. The van der Waals surface area contributed by atoms with Gasteiger partial charge in [-0.2, -0.15) is 0 Å². The van der Waals surface area contributed by atoms with E-state index in [1.54, 1.807) is 25.7 Å². The Morgan fingerprint density at radius 2 is 0.350 bits per heavy atom. The third-order valence-electron chi connectivity index (χ3n) is 9.99. The molecule has 0 aliphatic rings. The fourth-order valence-corrected chi connectivity index (χ4v) is 7.11. The molecule has 0 spiro atoms. The molecule has 0 rings (SSSR count). The van der Waals surface area contributed by atoms with E-state index in [1.807, 2.05) is 0 Å². The van der Waals surface area contributed by atoms with Crippen molar-refractivity contribution in [2.45, 2.75) is 252 Å². The molecule has 0 unspecified atom stereocenters. The minimum atomic E-state index is 0.677. The summed E-state index contributed by atoms with van der Waals surface area (Å²) in [6, 6.07) is 0. The molecule has 0 aromatic carbocycles. The van der Waals surface area contributed by atoms with Crippen molar-refractivity contribution in [2.24, 2.45) is 5.41 Å². The predicted octanol–water partition coefficient (Wildman–Crippen LogP) is 15.7. The highest BCUT2D eigenvalue weighted by Crippen LogP contribution is 2.42. The van der Waals surface area contributed by atoms with Gasteiger partial charge in [0.1, 0.15) is 0 Å². The molecule has 0 radical (unpaired) electrons. The zero-order valence-electron chi connectivity index (χ0n) is 29.2. The van der Waals surface area contributed by atoms with E-state index in [2.05, 4.69) is 27.7 Å². The van der Waals surface area contributed by atoms with E-state index < -0.39 is 0 Å². The Bertz CT molecular complexity index is 387. The SMILES string of the molecule is CCCCCCCCCCC(CCCCCCCCC)(CCCCCCCCCC)CCCCCCCCCC. The molecule has 242 valence electrons. The second kappa shape index (κ2) is 33.5. The van der Waals surface area contributed by atoms with Crippen LogP contribution in [-0.2, 0) is 0 Å². The number of rotatable bonds is 35. The van der Waals surface area contributed by atoms with Crippen LogP contribution in [0, 0.1) is 5.41 Å². The van der Waals surface area contributed by atoms with Gasteiger partial charge >= 0.3 is 0 Å². The van der Waals surface area contributed by atoms with Crippen LogP contribution in [0.4, 0.5) is 0 Å². The molecule has 0 heterocycles. The minimum Gasteiger partial charge on any atom is -0.0654 e. The quantitative estimate of drug-likeness (QED) is 0.0674. The summed E-state index contributed by atoms with van der Waals surface area (Å²) in [6.45, 7) is 9.35. The maximum atomic E-state index is 2.34. The molecule has 0 aromatic rings. The molecule has 0 aliphatic heterocycles. The van der Waals surface area contributed by atoms with E-state index in [0.717, 1.165) is 0 Å². The zero-order chi connectivity index (χ0) is 29.2. The molecular formula is C40H82. The summed E-state index contributed by atoms with van der Waals surface area (Å²) in [5.74, 6) is 0. The Morgan fingerprint density at radius 3 is 0.525 bits per heavy atom. The second-order valence-corrected chi connectivity index (χ2v) is 14.0. The topological polar surface area (TPSA) is 0 Å². The van der Waals surface area contributed by atoms with Gasteiger partial charge in [-0.15, -0.1) is 0 Å². The summed E-state index contributed by atoms with van der Waals surface area (Å²) in [5.41, 5.74) is 0.677. The molecule has 0 fully saturated rings. The highest BCUT2D eigenvalue weighted by atomic mass is 14.3. The third kappa shape index (κ3) is 28.1. The van der Waals surface area contributed by atoms with Crippen LogP contribution in [0.15, 0.2) is 0 Å². The summed E-state index contributed by atoms with van der Waals surface area (Å²) in [5, 5.41) is 0. The minimum absolute atomic E-state index is 0.677. The Balaban J connectivity index is 4.80. The lowest BCUT2D eigenvalue weighted by Gasteiger charge is -2.35. The van der Waals surface area contributed by atoms with Crippen molar-refractivity contribution in [2.75, 3.05) is 0 Å². The Hall–Kier alpha value is 0. The Morgan fingerprint density at radius 1 is 0.200 bits per heavy atom. The van der Waals surface area contributed by atoms with Crippen molar-refractivity contribution >= 4 is 0 Å². The van der Waals surface area contributed by atoms with E-state index in [9.17, 15) is 0 Å². The first-order valence-corrected chi connectivity index (χ1v) is 19.7. The molecule has 0 bridgehead atoms. The average molecular weight is 563 g/mol. The number of hydrogen-bond acceptors (Lipinski definition) is 0. The van der Waals surface area contributed by atoms with Gasteiger partial charge in [-0.3, -0.25) is 0 Å². The maximum absolute atomic E-state index is 2.34. The first kappa shape index (κ1) is 40.0. The van der Waals surface area contributed by atoms with Gasteiger partial charge in [-0.1, -0.05) is 227 Å². The van der Waals surface area contributed by atoms with Crippen molar-refractivity contribution in [3.63, 3.8) is 0 Å². The van der Waals surface area contributed by atoms with Gasteiger partial charge < -0.3 is 0 Å². The summed E-state index contributed by atoms with van der Waals surface area (Å²) in [4.78, 5) is 0. The van der Waals surface area contributed by atoms with Crippen molar-refractivity contribution in [1.29, 1.82) is 0 Å². The molecule has 40 heavy (non-hydrogen) atoms. The maximum Gasteiger partial charge on any atom is -0.0297 e. The third-order valence-corrected chi connectivity index (χ3v) is 9.99. The Labute approximate surface area is 257 Å². The van der Waals surface area contributed by atoms with E-state index in [1.165, 1.54) is 199 Å². The molecular weight excluding hydrogens is 480 g/mol. The zero-order valence-corrected chi connectivity index (χ0v) is 29.2. The van der Waals surface area contributed by atoms with Crippen LogP contribution < -0.4 is 0 Å². The van der Waals surface area contributed by atoms with Gasteiger partial charge in [0.25, 0.3) is 0 Å². The van der Waals surface area contributed by atoms with E-state index in [4.69, 9.17) is 0 Å². The Kier molecular flexibility index (Phi) is 33.5. The molecule has 0 atom stereocenters. The monoisotopic (exact) mass is 563 g/mol. The van der Waals surface area contributed by atoms with Crippen LogP contribution in [0.1, 0.15) is 252 Å². The van der Waals surface area contributed by atoms with Crippen LogP contribution in [0.25, 0.3) is 0 Å². The van der Waals surface area contributed by atoms with Crippen molar-refractivity contribution in [3.8, 4) is 0 Å². The molecule has 0 amide bonds. The highest BCUT2D eigenvalue weighted by Gasteiger charge is 2.28. The summed E-state index contributed by atoms with van der Waals surface area (Å²) in [6.07, 6.45) is 51.7. The van der Waals surface area contributed by atoms with E-state index >= 15 is 0 Å². The van der Waals surface area contributed by atoms with Crippen molar-refractivity contribution < 1.29 is 0 Å². The van der Waals surface area contributed by atoms with Crippen molar-refractivity contribution in [3.05, 3.63) is 0 Å². The summed E-state index contributed by atoms with van der Waals surface area (Å²) >= 11 is 0. The van der Waals surface area contributed by atoms with Crippen LogP contribution >= 0.6 is 0 Å². The summed E-state index contributed by atoms with van der Waals surface area (Å²) < 4.78 is 0. The predicted molar refractivity (Wildman–Crippen MR) is 187 cm³/mol. The smallest absolute Gasteiger partial charge is 0.0297 e. The van der Waals surface area contributed by atoms with Gasteiger partial charge in [0, 0.05) is 0 Å². The fraction of sp³-hybridized carbons (Fsp3) is 1.00. The fourth-order valence-electron chi connectivity index (χ4n) is 7.11. The van der Waals surface area contributed by atoms with E-state index in [0.29, 0.717) is 5.41 Å². The standard InChI is InChI=1S/C40H82/c1-5-9-13-17-21-25-29-33-37-40(36-32-28-24-20-16-12-8-4,38-34-30-26-22-18-14-10-6-2)39-35-31-27-23-19-15-11-7-3/h5-39H2,1-4H3. The lowest BCUT2D eigenvalue weighted by Crippen LogP contribution is -2.21. The van der Waals surface area contributed by atoms with Gasteiger partial charge in [-0.05, 0) is 31.1 Å². The van der Waals surface area contributed by atoms with Crippen LogP contribution in [0.2, 0.25) is 0 Å². The van der Waals surface area contributed by atoms with Gasteiger partial charge in [0.15, 0.2) is 0 Å². The lowest BCUT2D eigenvalue weighted by molar-refractivity contribution is 0.171. The van der Waals surface area contributed by atoms with Crippen LogP contribution in [0.3, 0.4) is 0 Å². The number of hydrogen-bond donors (Lipinski definition) is 0. The normalized spacial score (nSPS) is 12.0. The molecule has 0 heteroatoms. The molecule has 0 aromatic heterocycles. The highest BCUT2D eigenvalue weighted by molar-refractivity contribution is 4.80. The van der Waals surface area contributed by atoms with Gasteiger partial charge in [-0.25, -0.2) is 0 Å². The summed E-state index contributed by atoms with van der Waals surface area (Å²) in [7, 11) is 0. The van der Waals surface area contributed by atoms with Crippen LogP contribution in [-0.4, -0.2) is 0 Å². The molecule has 0 N–H and O–H groups in total. The van der Waals surface area contributed by atoms with Crippen molar-refractivity contribution in [1.82, 2.24) is 0 Å². The second-order valence-electron chi connectivity index (χ2n) is 14.0. The van der Waals surface area contributed by atoms with Gasteiger partial charge in [0.2, 0.25) is 0 Å². The molecule has 0 aliphatic carbocycles.